The number of sulfonamides is 1. The summed E-state index contributed by atoms with van der Waals surface area (Å²) in [5.41, 5.74) is 1.71. The number of hydrogen-bond donors (Lipinski definition) is 2. The van der Waals surface area contributed by atoms with Gasteiger partial charge in [0, 0.05) is 21.4 Å². The Kier molecular flexibility index (Phi) is 5.77. The SMILES string of the molecule is CCNS(=O)(=O)c1ccc(C)c(C(=O)Nc2ccc(I)cc2)c1. The highest BCUT2D eigenvalue weighted by Crippen LogP contribution is 2.18. The molecule has 0 unspecified atom stereocenters. The molecule has 0 aliphatic carbocycles. The van der Waals surface area contributed by atoms with Gasteiger partial charge >= 0.3 is 0 Å². The van der Waals surface area contributed by atoms with Crippen molar-refractivity contribution in [2.45, 2.75) is 18.7 Å². The smallest absolute Gasteiger partial charge is 0.255 e. The van der Waals surface area contributed by atoms with Crippen LogP contribution in [0.15, 0.2) is 47.4 Å². The minimum absolute atomic E-state index is 0.0812. The van der Waals surface area contributed by atoms with Crippen molar-refractivity contribution in [1.29, 1.82) is 0 Å². The Morgan fingerprint density at radius 3 is 2.39 bits per heavy atom. The van der Waals surface area contributed by atoms with E-state index in [0.29, 0.717) is 23.4 Å². The van der Waals surface area contributed by atoms with Gasteiger partial charge in [0.15, 0.2) is 0 Å². The number of nitrogens with one attached hydrogen (secondary N) is 2. The number of carbonyl (C=O) groups excluding carboxylic acids is 1. The second-order valence-corrected chi connectivity index (χ2v) is 7.95. The first-order chi connectivity index (χ1) is 10.8. The summed E-state index contributed by atoms with van der Waals surface area (Å²) in [5.74, 6) is -0.336. The van der Waals surface area contributed by atoms with Crippen LogP contribution in [0.25, 0.3) is 0 Å². The van der Waals surface area contributed by atoms with E-state index >= 15 is 0 Å². The summed E-state index contributed by atoms with van der Waals surface area (Å²) in [5, 5.41) is 2.78. The van der Waals surface area contributed by atoms with Crippen LogP contribution in [0.3, 0.4) is 0 Å². The molecule has 0 heterocycles. The zero-order valence-electron chi connectivity index (χ0n) is 12.8. The molecule has 2 aromatic rings. The largest absolute Gasteiger partial charge is 0.322 e. The van der Waals surface area contributed by atoms with E-state index < -0.39 is 10.0 Å². The maximum atomic E-state index is 12.4. The van der Waals surface area contributed by atoms with Gasteiger partial charge in [-0.3, -0.25) is 4.79 Å². The highest BCUT2D eigenvalue weighted by molar-refractivity contribution is 14.1. The molecule has 7 heteroatoms. The number of halogens is 1. The van der Waals surface area contributed by atoms with Crippen molar-refractivity contribution in [2.24, 2.45) is 0 Å². The lowest BCUT2D eigenvalue weighted by Gasteiger charge is -2.11. The van der Waals surface area contributed by atoms with Crippen molar-refractivity contribution >= 4 is 44.2 Å². The molecule has 0 aromatic heterocycles. The van der Waals surface area contributed by atoms with Gasteiger partial charge in [0.05, 0.1) is 4.90 Å². The predicted molar refractivity (Wildman–Crippen MR) is 99.2 cm³/mol. The molecule has 5 nitrogen and oxygen atoms in total. The number of rotatable bonds is 5. The molecule has 0 spiro atoms. The number of carbonyl (C=O) groups is 1. The molecule has 0 bridgehead atoms. The molecule has 122 valence electrons. The normalized spacial score (nSPS) is 11.3. The van der Waals surface area contributed by atoms with Crippen LogP contribution < -0.4 is 10.0 Å². The first-order valence-corrected chi connectivity index (χ1v) is 9.57. The van der Waals surface area contributed by atoms with Crippen LogP contribution in [0.1, 0.15) is 22.8 Å². The third-order valence-corrected chi connectivity index (χ3v) is 5.46. The third-order valence-electron chi connectivity index (χ3n) is 3.20. The summed E-state index contributed by atoms with van der Waals surface area (Å²) in [6.07, 6.45) is 0. The molecular formula is C16H17IN2O3S. The van der Waals surface area contributed by atoms with E-state index in [9.17, 15) is 13.2 Å². The predicted octanol–water partition coefficient (Wildman–Crippen LogP) is 3.15. The fraction of sp³-hybridized carbons (Fsp3) is 0.188. The number of benzene rings is 2. The number of anilines is 1. The van der Waals surface area contributed by atoms with Gasteiger partial charge in [-0.15, -0.1) is 0 Å². The third kappa shape index (κ3) is 4.52. The zero-order chi connectivity index (χ0) is 17.0. The first kappa shape index (κ1) is 17.9. The van der Waals surface area contributed by atoms with Gasteiger partial charge < -0.3 is 5.32 Å². The second kappa shape index (κ2) is 7.41. The number of aryl methyl sites for hydroxylation is 1. The second-order valence-electron chi connectivity index (χ2n) is 4.94. The van der Waals surface area contributed by atoms with Crippen LogP contribution >= 0.6 is 22.6 Å². The molecule has 0 radical (unpaired) electrons. The maximum absolute atomic E-state index is 12.4. The fourth-order valence-electron chi connectivity index (χ4n) is 2.02. The van der Waals surface area contributed by atoms with Gasteiger partial charge in [-0.05, 0) is 71.5 Å². The Bertz CT molecular complexity index is 818. The molecule has 2 rings (SSSR count). The molecular weight excluding hydrogens is 427 g/mol. The van der Waals surface area contributed by atoms with E-state index in [1.165, 1.54) is 12.1 Å². The lowest BCUT2D eigenvalue weighted by Crippen LogP contribution is -2.24. The molecule has 2 aromatic carbocycles. The highest BCUT2D eigenvalue weighted by Gasteiger charge is 2.17. The molecule has 0 aliphatic heterocycles. The Morgan fingerprint density at radius 2 is 1.78 bits per heavy atom. The molecule has 0 aliphatic rings. The summed E-state index contributed by atoms with van der Waals surface area (Å²) < 4.78 is 27.6. The average Bonchev–Trinajstić information content (AvgIpc) is 2.49. The van der Waals surface area contributed by atoms with Crippen molar-refractivity contribution in [3.8, 4) is 0 Å². The summed E-state index contributed by atoms with van der Waals surface area (Å²) in [6, 6.07) is 11.9. The van der Waals surface area contributed by atoms with Crippen LogP contribution in [0.2, 0.25) is 0 Å². The van der Waals surface area contributed by atoms with Gasteiger partial charge in [0.2, 0.25) is 10.0 Å². The van der Waals surface area contributed by atoms with Gasteiger partial charge in [0.25, 0.3) is 5.91 Å². The molecule has 1 amide bonds. The van der Waals surface area contributed by atoms with Gasteiger partial charge in [0.1, 0.15) is 0 Å². The lowest BCUT2D eigenvalue weighted by atomic mass is 10.1. The monoisotopic (exact) mass is 444 g/mol. The minimum Gasteiger partial charge on any atom is -0.322 e. The van der Waals surface area contributed by atoms with Gasteiger partial charge in [-0.1, -0.05) is 13.0 Å². The summed E-state index contributed by atoms with van der Waals surface area (Å²) in [4.78, 5) is 12.5. The summed E-state index contributed by atoms with van der Waals surface area (Å²) >= 11 is 2.18. The zero-order valence-corrected chi connectivity index (χ0v) is 15.7. The van der Waals surface area contributed by atoms with Crippen molar-refractivity contribution < 1.29 is 13.2 Å². The van der Waals surface area contributed by atoms with Crippen LogP contribution in [-0.4, -0.2) is 20.9 Å². The molecule has 0 fully saturated rings. The van der Waals surface area contributed by atoms with Crippen LogP contribution in [0.5, 0.6) is 0 Å². The summed E-state index contributed by atoms with van der Waals surface area (Å²) in [6.45, 7) is 3.77. The van der Waals surface area contributed by atoms with Crippen molar-refractivity contribution in [3.05, 3.63) is 57.2 Å². The van der Waals surface area contributed by atoms with Crippen molar-refractivity contribution in [1.82, 2.24) is 4.72 Å². The van der Waals surface area contributed by atoms with Crippen LogP contribution in [0.4, 0.5) is 5.69 Å². The van der Waals surface area contributed by atoms with Crippen molar-refractivity contribution in [2.75, 3.05) is 11.9 Å². The fourth-order valence-corrected chi connectivity index (χ4v) is 3.44. The van der Waals surface area contributed by atoms with Crippen LogP contribution in [-0.2, 0) is 10.0 Å². The maximum Gasteiger partial charge on any atom is 0.255 e. The molecule has 2 N–H and O–H groups in total. The highest BCUT2D eigenvalue weighted by atomic mass is 127. The van der Waals surface area contributed by atoms with Gasteiger partial charge in [-0.2, -0.15) is 0 Å². The molecule has 0 saturated carbocycles. The van der Waals surface area contributed by atoms with E-state index in [4.69, 9.17) is 0 Å². The lowest BCUT2D eigenvalue weighted by molar-refractivity contribution is 0.102. The van der Waals surface area contributed by atoms with E-state index in [-0.39, 0.29) is 10.8 Å². The topological polar surface area (TPSA) is 75.3 Å². The Morgan fingerprint density at radius 1 is 1.13 bits per heavy atom. The Labute approximate surface area is 149 Å². The Hall–Kier alpha value is -1.45. The average molecular weight is 444 g/mol. The Balaban J connectivity index is 2.31. The molecule has 0 atom stereocenters. The minimum atomic E-state index is -3.59. The summed E-state index contributed by atoms with van der Waals surface area (Å²) in [7, 11) is -3.59. The first-order valence-electron chi connectivity index (χ1n) is 7.00. The standard InChI is InChI=1S/C16H17IN2O3S/c1-3-18-23(21,22)14-9-4-11(2)15(10-14)16(20)19-13-7-5-12(17)6-8-13/h4-10,18H,3H2,1-2H3,(H,19,20). The van der Waals surface area contributed by atoms with E-state index in [0.717, 1.165) is 3.57 Å². The van der Waals surface area contributed by atoms with Gasteiger partial charge in [-0.25, -0.2) is 13.1 Å². The molecule has 0 saturated heterocycles. The number of hydrogen-bond acceptors (Lipinski definition) is 3. The van der Waals surface area contributed by atoms with E-state index in [2.05, 4.69) is 32.6 Å². The van der Waals surface area contributed by atoms with E-state index in [1.54, 1.807) is 32.0 Å². The quantitative estimate of drug-likeness (QED) is 0.696. The molecule has 23 heavy (non-hydrogen) atoms. The van der Waals surface area contributed by atoms with E-state index in [1.807, 2.05) is 12.1 Å². The van der Waals surface area contributed by atoms with Crippen LogP contribution in [0, 0.1) is 10.5 Å². The number of amides is 1. The van der Waals surface area contributed by atoms with Crippen molar-refractivity contribution in [3.63, 3.8) is 0 Å².